The van der Waals surface area contributed by atoms with Crippen LogP contribution >= 0.6 is 11.6 Å². The van der Waals surface area contributed by atoms with Crippen LogP contribution in [0.2, 0.25) is 5.02 Å². The number of nitrogens with zero attached hydrogens (tertiary/aromatic N) is 2. The molecule has 2 atom stereocenters. The molecular weight excluding hydrogens is 262 g/mol. The standard InChI is InChI=1S/C14H22ClN3O/c1-4-12-9-19-10(2)8-18(12)14-5-11(6-16-3)13(15)7-17-14/h5,7,10,12,16H,4,6,8-9H2,1-3H3. The number of halogens is 1. The van der Waals surface area contributed by atoms with Crippen LogP contribution in [-0.4, -0.2) is 37.3 Å². The highest BCUT2D eigenvalue weighted by atomic mass is 35.5. The Morgan fingerprint density at radius 1 is 1.58 bits per heavy atom. The molecule has 0 aliphatic carbocycles. The van der Waals surface area contributed by atoms with Crippen molar-refractivity contribution in [2.75, 3.05) is 25.1 Å². The van der Waals surface area contributed by atoms with Gasteiger partial charge in [-0.2, -0.15) is 0 Å². The summed E-state index contributed by atoms with van der Waals surface area (Å²) in [7, 11) is 1.92. The third-order valence-corrected chi connectivity index (χ3v) is 3.86. The van der Waals surface area contributed by atoms with Crippen LogP contribution in [0.1, 0.15) is 25.8 Å². The normalized spacial score (nSPS) is 23.7. The molecule has 1 aromatic heterocycles. The number of rotatable bonds is 4. The molecule has 1 aliphatic rings. The largest absolute Gasteiger partial charge is 0.375 e. The Hall–Kier alpha value is -0.840. The number of aromatic nitrogens is 1. The summed E-state index contributed by atoms with van der Waals surface area (Å²) >= 11 is 6.17. The molecule has 1 fully saturated rings. The molecule has 5 heteroatoms. The Morgan fingerprint density at radius 2 is 2.37 bits per heavy atom. The van der Waals surface area contributed by atoms with E-state index in [0.29, 0.717) is 11.1 Å². The van der Waals surface area contributed by atoms with E-state index >= 15 is 0 Å². The van der Waals surface area contributed by atoms with Crippen LogP contribution in [0.3, 0.4) is 0 Å². The highest BCUT2D eigenvalue weighted by Gasteiger charge is 2.26. The third-order valence-electron chi connectivity index (χ3n) is 3.52. The summed E-state index contributed by atoms with van der Waals surface area (Å²) in [6.45, 7) is 6.69. The number of hydrogen-bond donors (Lipinski definition) is 1. The van der Waals surface area contributed by atoms with E-state index in [9.17, 15) is 0 Å². The van der Waals surface area contributed by atoms with Crippen LogP contribution in [0.25, 0.3) is 0 Å². The van der Waals surface area contributed by atoms with E-state index in [1.54, 1.807) is 6.20 Å². The zero-order valence-electron chi connectivity index (χ0n) is 11.8. The highest BCUT2D eigenvalue weighted by Crippen LogP contribution is 2.25. The second kappa shape index (κ2) is 6.55. The van der Waals surface area contributed by atoms with E-state index in [1.165, 1.54) is 0 Å². The van der Waals surface area contributed by atoms with Crippen molar-refractivity contribution in [3.05, 3.63) is 22.8 Å². The van der Waals surface area contributed by atoms with E-state index in [-0.39, 0.29) is 6.10 Å². The molecule has 0 saturated carbocycles. The Kier molecular flexibility index (Phi) is 5.02. The smallest absolute Gasteiger partial charge is 0.129 e. The average Bonchev–Trinajstić information content (AvgIpc) is 2.41. The lowest BCUT2D eigenvalue weighted by Gasteiger charge is -2.39. The number of pyridine rings is 1. The molecule has 2 heterocycles. The molecule has 0 bridgehead atoms. The van der Waals surface area contributed by atoms with E-state index in [1.807, 2.05) is 7.05 Å². The van der Waals surface area contributed by atoms with Crippen LogP contribution < -0.4 is 10.2 Å². The minimum absolute atomic E-state index is 0.244. The van der Waals surface area contributed by atoms with Gasteiger partial charge in [-0.25, -0.2) is 4.98 Å². The average molecular weight is 284 g/mol. The van der Waals surface area contributed by atoms with Crippen molar-refractivity contribution < 1.29 is 4.74 Å². The predicted octanol–water partition coefficient (Wildman–Crippen LogP) is 2.46. The van der Waals surface area contributed by atoms with Gasteiger partial charge in [0.1, 0.15) is 5.82 Å². The van der Waals surface area contributed by atoms with Crippen molar-refractivity contribution in [1.82, 2.24) is 10.3 Å². The number of hydrogen-bond acceptors (Lipinski definition) is 4. The summed E-state index contributed by atoms with van der Waals surface area (Å²) in [5.41, 5.74) is 1.09. The Balaban J connectivity index is 2.25. The van der Waals surface area contributed by atoms with Crippen LogP contribution in [0.5, 0.6) is 0 Å². The van der Waals surface area contributed by atoms with Gasteiger partial charge in [-0.05, 0) is 32.0 Å². The highest BCUT2D eigenvalue weighted by molar-refractivity contribution is 6.31. The number of nitrogens with one attached hydrogen (secondary N) is 1. The minimum Gasteiger partial charge on any atom is -0.375 e. The van der Waals surface area contributed by atoms with Gasteiger partial charge in [0.15, 0.2) is 0 Å². The summed E-state index contributed by atoms with van der Waals surface area (Å²) in [5, 5.41) is 3.85. The second-order valence-corrected chi connectivity index (χ2v) is 5.43. The molecular formula is C14H22ClN3O. The van der Waals surface area contributed by atoms with Gasteiger partial charge < -0.3 is 15.0 Å². The summed E-state index contributed by atoms with van der Waals surface area (Å²) in [5.74, 6) is 0.997. The second-order valence-electron chi connectivity index (χ2n) is 5.02. The first-order chi connectivity index (χ1) is 9.15. The monoisotopic (exact) mass is 283 g/mol. The molecule has 0 radical (unpaired) electrons. The van der Waals surface area contributed by atoms with Gasteiger partial charge in [0.25, 0.3) is 0 Å². The first-order valence-electron chi connectivity index (χ1n) is 6.83. The van der Waals surface area contributed by atoms with Gasteiger partial charge in [-0.15, -0.1) is 0 Å². The molecule has 0 aromatic carbocycles. The summed E-state index contributed by atoms with van der Waals surface area (Å²) in [6.07, 6.45) is 3.04. The lowest BCUT2D eigenvalue weighted by Crippen LogP contribution is -2.49. The number of morpholine rings is 1. The molecule has 2 unspecified atom stereocenters. The zero-order chi connectivity index (χ0) is 13.8. The van der Waals surface area contributed by atoms with Crippen LogP contribution in [-0.2, 0) is 11.3 Å². The van der Waals surface area contributed by atoms with E-state index in [0.717, 1.165) is 37.5 Å². The fraction of sp³-hybridized carbons (Fsp3) is 0.643. The van der Waals surface area contributed by atoms with Crippen molar-refractivity contribution in [2.45, 2.75) is 39.0 Å². The molecule has 4 nitrogen and oxygen atoms in total. The number of ether oxygens (including phenoxy) is 1. The number of anilines is 1. The van der Waals surface area contributed by atoms with Gasteiger partial charge in [-0.1, -0.05) is 18.5 Å². The van der Waals surface area contributed by atoms with Crippen LogP contribution in [0.15, 0.2) is 12.3 Å². The van der Waals surface area contributed by atoms with Gasteiger partial charge >= 0.3 is 0 Å². The van der Waals surface area contributed by atoms with E-state index in [4.69, 9.17) is 16.3 Å². The molecule has 1 N–H and O–H groups in total. The zero-order valence-corrected chi connectivity index (χ0v) is 12.6. The Morgan fingerprint density at radius 3 is 3.05 bits per heavy atom. The lowest BCUT2D eigenvalue weighted by molar-refractivity contribution is 0.0296. The maximum atomic E-state index is 6.17. The predicted molar refractivity (Wildman–Crippen MR) is 78.8 cm³/mol. The quantitative estimate of drug-likeness (QED) is 0.921. The molecule has 0 spiro atoms. The summed E-state index contributed by atoms with van der Waals surface area (Å²) in [4.78, 5) is 6.83. The van der Waals surface area contributed by atoms with E-state index in [2.05, 4.69) is 35.1 Å². The van der Waals surface area contributed by atoms with Crippen LogP contribution in [0, 0.1) is 0 Å². The van der Waals surface area contributed by atoms with Crippen molar-refractivity contribution in [1.29, 1.82) is 0 Å². The molecule has 1 aliphatic heterocycles. The molecule has 1 saturated heterocycles. The van der Waals surface area contributed by atoms with Gasteiger partial charge in [0.2, 0.25) is 0 Å². The SMILES string of the molecule is CCC1COC(C)CN1c1cc(CNC)c(Cl)cn1. The molecule has 0 amide bonds. The van der Waals surface area contributed by atoms with Crippen molar-refractivity contribution in [2.24, 2.45) is 0 Å². The molecule has 19 heavy (non-hydrogen) atoms. The lowest BCUT2D eigenvalue weighted by atomic mass is 10.1. The maximum Gasteiger partial charge on any atom is 0.129 e. The Labute approximate surface area is 120 Å². The van der Waals surface area contributed by atoms with Crippen molar-refractivity contribution in [3.63, 3.8) is 0 Å². The molecule has 106 valence electrons. The topological polar surface area (TPSA) is 37.4 Å². The van der Waals surface area contributed by atoms with Gasteiger partial charge in [0.05, 0.1) is 23.8 Å². The first-order valence-corrected chi connectivity index (χ1v) is 7.20. The Bertz CT molecular complexity index is 427. The van der Waals surface area contributed by atoms with Crippen molar-refractivity contribution in [3.8, 4) is 0 Å². The fourth-order valence-electron chi connectivity index (χ4n) is 2.41. The molecule has 2 rings (SSSR count). The van der Waals surface area contributed by atoms with Gasteiger partial charge in [-0.3, -0.25) is 0 Å². The fourth-order valence-corrected chi connectivity index (χ4v) is 2.58. The third kappa shape index (κ3) is 3.38. The first kappa shape index (κ1) is 14.6. The van der Waals surface area contributed by atoms with Gasteiger partial charge in [0, 0.05) is 19.3 Å². The maximum absolute atomic E-state index is 6.17. The summed E-state index contributed by atoms with van der Waals surface area (Å²) < 4.78 is 5.73. The summed E-state index contributed by atoms with van der Waals surface area (Å²) in [6, 6.07) is 2.48. The van der Waals surface area contributed by atoms with E-state index < -0.39 is 0 Å². The van der Waals surface area contributed by atoms with Crippen molar-refractivity contribution >= 4 is 17.4 Å². The van der Waals surface area contributed by atoms with Crippen LogP contribution in [0.4, 0.5) is 5.82 Å². The molecule has 1 aromatic rings. The minimum atomic E-state index is 0.244.